The fraction of sp³-hybridized carbons (Fsp3) is 0.551. The van der Waals surface area contributed by atoms with Crippen molar-refractivity contribution in [3.8, 4) is 5.75 Å². The molecule has 0 spiro atoms. The Labute approximate surface area is 905 Å². The molecule has 6 N–H and O–H groups in total. The highest BCUT2D eigenvalue weighted by atomic mass is 32.2. The van der Waals surface area contributed by atoms with Gasteiger partial charge >= 0.3 is 35.8 Å². The fourth-order valence-corrected chi connectivity index (χ4v) is 18.6. The highest BCUT2D eigenvalue weighted by molar-refractivity contribution is 8.15. The Hall–Kier alpha value is -9.78. The highest BCUT2D eigenvalue weighted by Gasteiger charge is 2.36. The second-order valence-electron chi connectivity index (χ2n) is 41.1. The number of unbranched alkanes of at least 4 members (excludes halogenated alkanes) is 2. The van der Waals surface area contributed by atoms with Crippen LogP contribution in [0.25, 0.3) is 0 Å². The first-order valence-electron chi connectivity index (χ1n) is 47.9. The number of carboxylic acids is 6. The number of methoxy groups -OCH3 is 1. The van der Waals surface area contributed by atoms with Gasteiger partial charge in [-0.3, -0.25) is 86.3 Å². The summed E-state index contributed by atoms with van der Waals surface area (Å²) in [7, 11) is 1.50. The number of carbonyl (C=O) groups excluding carboxylic acids is 12. The molecule has 6 amide bonds. The minimum Gasteiger partial charge on any atom is -0.497 e. The number of carboxylic acid groups (broad SMARTS) is 6. The number of carbonyl (C=O) groups is 18. The van der Waals surface area contributed by atoms with E-state index >= 15 is 0 Å². The third-order valence-electron chi connectivity index (χ3n) is 20.5. The van der Waals surface area contributed by atoms with E-state index in [9.17, 15) is 100 Å². The van der Waals surface area contributed by atoms with Gasteiger partial charge in [-0.2, -0.15) is 11.8 Å². The van der Waals surface area contributed by atoms with Crippen molar-refractivity contribution in [2.24, 2.45) is 68.0 Å². The van der Waals surface area contributed by atoms with Crippen LogP contribution in [0.1, 0.15) is 204 Å². The third kappa shape index (κ3) is 55.3. The lowest BCUT2D eigenvalue weighted by Crippen LogP contribution is -2.40. The first-order valence-corrected chi connectivity index (χ1v) is 56.4. The maximum absolute atomic E-state index is 13.4. The zero-order chi connectivity index (χ0) is 114. The molecule has 148 heavy (non-hydrogen) atoms. The molecule has 6 atom stereocenters. The first-order chi connectivity index (χ1) is 68.3. The van der Waals surface area contributed by atoms with Crippen LogP contribution in [-0.2, 0) is 92.7 Å². The SMILES string of the molecule is CC(CSC(=O)C(C)(C)C)C(=O)N(CC(=O)O)c1ccc(F)cc1.CC(CSC(=O)C(C)(C)C)C(=O)N(CC(=O)O)c1cccc(F)c1.CCCCc1ccc(N(CC(=O)O)C(=O)C(C)CSC(=O)C(C)(C)C)cc1.COc1cccc(N(CC(=O)O)C(=O)C(C)CSC(=O)C(C)(C)C)c1.CSCCCCN(CC(=O)O)C(=O)C(C)CSC(=O)C(C)(C)C.CSc1cccc(N(CC(=O)O)C(=O)C(C)CSC(=O)C(C)(C)C)c1. The van der Waals surface area contributed by atoms with E-state index < -0.39 is 154 Å². The Morgan fingerprint density at radius 2 is 0.588 bits per heavy atom. The van der Waals surface area contributed by atoms with Crippen LogP contribution in [0, 0.1) is 79.6 Å². The number of amides is 6. The van der Waals surface area contributed by atoms with E-state index in [1.807, 2.05) is 114 Å². The van der Waals surface area contributed by atoms with Gasteiger partial charge in [0, 0.05) is 148 Å². The summed E-state index contributed by atoms with van der Waals surface area (Å²) in [4.78, 5) is 223. The molecule has 0 aliphatic rings. The van der Waals surface area contributed by atoms with Crippen molar-refractivity contribution >= 4 is 224 Å². The zero-order valence-corrected chi connectivity index (χ0v) is 97.1. The average molecular weight is 2220 g/mol. The maximum atomic E-state index is 13.4. The molecule has 31 nitrogen and oxygen atoms in total. The lowest BCUT2D eigenvalue weighted by molar-refractivity contribution is -0.145. The second kappa shape index (κ2) is 67.5. The van der Waals surface area contributed by atoms with Crippen LogP contribution in [0.3, 0.4) is 0 Å². The molecule has 0 aromatic heterocycles. The predicted molar refractivity (Wildman–Crippen MR) is 597 cm³/mol. The van der Waals surface area contributed by atoms with Gasteiger partial charge in [-0.1, -0.05) is 280 Å². The van der Waals surface area contributed by atoms with Gasteiger partial charge in [0.1, 0.15) is 56.7 Å². The molecular weight excluding hydrogens is 2060 g/mol. The Morgan fingerprint density at radius 3 is 0.858 bits per heavy atom. The lowest BCUT2D eigenvalue weighted by atomic mass is 9.99. The monoisotopic (exact) mass is 2220 g/mol. The number of hydrogen-bond donors (Lipinski definition) is 6. The molecule has 5 aromatic rings. The van der Waals surface area contributed by atoms with E-state index in [0.717, 1.165) is 129 Å². The molecule has 824 valence electrons. The Morgan fingerprint density at radius 1 is 0.318 bits per heavy atom. The Kier molecular flexibility index (Phi) is 63.0. The molecule has 0 saturated carbocycles. The van der Waals surface area contributed by atoms with E-state index in [2.05, 4.69) is 6.92 Å². The fourth-order valence-electron chi connectivity index (χ4n) is 11.8. The summed E-state index contributed by atoms with van der Waals surface area (Å²) in [5.41, 5.74) is 0.343. The van der Waals surface area contributed by atoms with Gasteiger partial charge < -0.3 is 64.8 Å². The van der Waals surface area contributed by atoms with Crippen molar-refractivity contribution in [2.45, 2.75) is 210 Å². The van der Waals surface area contributed by atoms with E-state index in [1.54, 1.807) is 149 Å². The first kappa shape index (κ1) is 138. The number of halogens is 2. The van der Waals surface area contributed by atoms with Crippen molar-refractivity contribution in [3.05, 3.63) is 139 Å². The number of benzene rings is 5. The third-order valence-corrected chi connectivity index (χ3v) is 31.2. The van der Waals surface area contributed by atoms with Crippen molar-refractivity contribution in [1.82, 2.24) is 4.90 Å². The minimum atomic E-state index is -1.20. The van der Waals surface area contributed by atoms with Crippen LogP contribution in [0.5, 0.6) is 5.75 Å². The van der Waals surface area contributed by atoms with Crippen LogP contribution >= 0.6 is 94.1 Å². The van der Waals surface area contributed by atoms with Crippen molar-refractivity contribution in [2.75, 3.05) is 130 Å². The molecule has 0 aliphatic heterocycles. The number of aliphatic carboxylic acids is 6. The molecule has 0 heterocycles. The normalized spacial score (nSPS) is 12.5. The molecule has 5 aromatic carbocycles. The van der Waals surface area contributed by atoms with E-state index in [1.165, 1.54) is 86.5 Å². The summed E-state index contributed by atoms with van der Waals surface area (Å²) < 4.78 is 31.5. The van der Waals surface area contributed by atoms with Gasteiger partial charge in [0.25, 0.3) is 0 Å². The molecule has 0 radical (unpaired) electrons. The zero-order valence-electron chi connectivity index (χ0n) is 90.6. The van der Waals surface area contributed by atoms with Crippen molar-refractivity contribution in [3.63, 3.8) is 0 Å². The van der Waals surface area contributed by atoms with Crippen LogP contribution in [-0.4, -0.2) is 243 Å². The standard InChI is InChI=1S/C21H31NO4S.C18H25NO5S.C18H25NO4S2.2C17H22FNO4S.C16H29NO4S2/c1-6-7-8-16-9-11-17(12-10-16)22(13-18(23)24)19(25)15(2)14-27-20(26)21(3,4)5;2*1-12(11-25-17(23)18(2,3)4)16(22)19(10-15(20)21)13-7-6-8-14(9-13)24-5;1-11(10-24-16(23)17(2,3)4)15(22)19(9-14(20)21)13-7-5-12(18)6-8-13;1-11(10-24-16(23)17(2,3)4)15(22)19(9-14(20)21)13-7-5-6-12(18)8-13;1-12(11-23-15(21)16(2,3)4)14(20)17(10-13(18)19)8-6-7-9-22-5/h9-12,15H,6-8,13-14H2,1-5H3,(H,23,24);2*6-9,12H,10-11H2,1-5H3,(H,20,21);2*5-8,11H,9-10H2,1-4H3,(H,20,21);12H,6-11H2,1-5H3,(H,18,19). The van der Waals surface area contributed by atoms with Crippen LogP contribution in [0.4, 0.5) is 37.2 Å². The second-order valence-corrected chi connectivity index (χ2v) is 48.9. The summed E-state index contributed by atoms with van der Waals surface area (Å²) >= 11 is 9.86. The smallest absolute Gasteiger partial charge is 0.323 e. The summed E-state index contributed by atoms with van der Waals surface area (Å²) in [6.45, 7) is 42.9. The summed E-state index contributed by atoms with van der Waals surface area (Å²) in [6, 6.07) is 31.6. The van der Waals surface area contributed by atoms with Gasteiger partial charge in [-0.25, -0.2) is 8.78 Å². The molecular formula is C107H154F2N6O25S8. The molecule has 5 rings (SSSR count). The summed E-state index contributed by atoms with van der Waals surface area (Å²) in [5, 5.41) is 54.6. The number of anilines is 5. The van der Waals surface area contributed by atoms with Crippen molar-refractivity contribution < 1.29 is 130 Å². The molecule has 0 saturated heterocycles. The number of nitrogens with zero attached hydrogens (tertiary/aromatic N) is 6. The van der Waals surface area contributed by atoms with E-state index in [0.29, 0.717) is 58.1 Å². The summed E-state index contributed by atoms with van der Waals surface area (Å²) in [6.07, 6.45) is 8.84. The van der Waals surface area contributed by atoms with Gasteiger partial charge in [0.15, 0.2) is 30.7 Å². The van der Waals surface area contributed by atoms with Gasteiger partial charge in [0.2, 0.25) is 35.4 Å². The predicted octanol–water partition coefficient (Wildman–Crippen LogP) is 20.6. The molecule has 0 fully saturated rings. The number of aryl methyl sites for hydroxylation is 1. The molecule has 41 heteroatoms. The van der Waals surface area contributed by atoms with Crippen molar-refractivity contribution in [1.29, 1.82) is 0 Å². The molecule has 0 aliphatic carbocycles. The minimum absolute atomic E-state index is 0.00156. The molecule has 0 bridgehead atoms. The summed E-state index contributed by atoms with van der Waals surface area (Å²) in [5.74, 6) is -9.19. The Balaban J connectivity index is 0.00000175. The van der Waals surface area contributed by atoms with Gasteiger partial charge in [0.05, 0.1) is 7.11 Å². The number of rotatable bonds is 45. The Bertz CT molecular complexity index is 5100. The quantitative estimate of drug-likeness (QED) is 0.0156. The lowest BCUT2D eigenvalue weighted by Gasteiger charge is -2.25. The number of thioether (sulfide) groups is 8. The van der Waals surface area contributed by atoms with E-state index in [4.69, 9.17) is 30.3 Å². The molecule has 6 unspecified atom stereocenters. The van der Waals surface area contributed by atoms with Gasteiger partial charge in [-0.15, -0.1) is 11.8 Å². The topological polar surface area (TPSA) is 457 Å². The van der Waals surface area contributed by atoms with Crippen LogP contribution in [0.2, 0.25) is 0 Å². The highest BCUT2D eigenvalue weighted by Crippen LogP contribution is 2.35. The largest absolute Gasteiger partial charge is 0.497 e. The van der Waals surface area contributed by atoms with Gasteiger partial charge in [-0.05, 0) is 134 Å². The number of hydrogen-bond acceptors (Lipinski definition) is 27. The average Bonchev–Trinajstić information content (AvgIpc) is 0.837. The van der Waals surface area contributed by atoms with E-state index in [-0.39, 0.29) is 84.0 Å². The van der Waals surface area contributed by atoms with Crippen LogP contribution < -0.4 is 29.2 Å². The number of ether oxygens (including phenoxy) is 1. The maximum Gasteiger partial charge on any atom is 0.323 e. The van der Waals surface area contributed by atoms with Crippen LogP contribution in [0.15, 0.2) is 126 Å².